The maximum absolute atomic E-state index is 11.2. The van der Waals surface area contributed by atoms with Gasteiger partial charge in [-0.1, -0.05) is 6.08 Å². The first-order valence-electron chi connectivity index (χ1n) is 7.23. The summed E-state index contributed by atoms with van der Waals surface area (Å²) in [6.45, 7) is 7.87. The van der Waals surface area contributed by atoms with Crippen LogP contribution >= 0.6 is 12.6 Å². The van der Waals surface area contributed by atoms with E-state index >= 15 is 0 Å². The molecule has 3 N–H and O–H groups in total. The zero-order valence-corrected chi connectivity index (χ0v) is 14.6. The second kappa shape index (κ2) is 6.18. The lowest BCUT2D eigenvalue weighted by atomic mass is 9.78. The second-order valence-electron chi connectivity index (χ2n) is 6.47. The summed E-state index contributed by atoms with van der Waals surface area (Å²) in [5.41, 5.74) is 6.02. The number of aromatic carboxylic acids is 1. The molecule has 6 nitrogen and oxygen atoms in total. The van der Waals surface area contributed by atoms with Gasteiger partial charge in [0.2, 0.25) is 0 Å². The third-order valence-electron chi connectivity index (χ3n) is 4.26. The van der Waals surface area contributed by atoms with Gasteiger partial charge in [-0.25, -0.2) is 9.78 Å². The van der Waals surface area contributed by atoms with Crippen molar-refractivity contribution < 1.29 is 19.2 Å². The summed E-state index contributed by atoms with van der Waals surface area (Å²) >= 11 is 4.33. The van der Waals surface area contributed by atoms with E-state index in [9.17, 15) is 4.79 Å². The summed E-state index contributed by atoms with van der Waals surface area (Å²) in [4.78, 5) is 15.1. The molecule has 1 aliphatic rings. The lowest BCUT2D eigenvalue weighted by molar-refractivity contribution is 0.00578. The number of carboxylic acids is 1. The van der Waals surface area contributed by atoms with Crippen LogP contribution in [0.1, 0.15) is 43.6 Å². The van der Waals surface area contributed by atoms with Crippen molar-refractivity contribution in [2.75, 3.05) is 11.5 Å². The normalized spacial score (nSPS) is 19.9. The third-order valence-corrected chi connectivity index (χ3v) is 4.63. The fraction of sp³-hybridized carbons (Fsp3) is 0.467. The predicted octanol–water partition coefficient (Wildman–Crippen LogP) is 2.31. The first-order chi connectivity index (χ1) is 10.6. The molecule has 1 aliphatic heterocycles. The molecule has 0 amide bonds. The van der Waals surface area contributed by atoms with Gasteiger partial charge in [0.1, 0.15) is 11.4 Å². The number of nitrogens with zero attached hydrogens (tertiary/aromatic N) is 1. The Morgan fingerprint density at radius 2 is 1.96 bits per heavy atom. The molecule has 124 valence electrons. The van der Waals surface area contributed by atoms with Crippen molar-refractivity contribution in [2.45, 2.75) is 38.9 Å². The fourth-order valence-electron chi connectivity index (χ4n) is 2.14. The van der Waals surface area contributed by atoms with Crippen LogP contribution < -0.4 is 5.73 Å². The quantitative estimate of drug-likeness (QED) is 0.577. The van der Waals surface area contributed by atoms with Crippen LogP contribution in [0.2, 0.25) is 0 Å². The number of aromatic nitrogens is 1. The van der Waals surface area contributed by atoms with Crippen LogP contribution in [0, 0.1) is 0 Å². The molecule has 0 spiro atoms. The minimum atomic E-state index is -1.12. The van der Waals surface area contributed by atoms with Crippen molar-refractivity contribution in [3.05, 3.63) is 28.9 Å². The molecule has 0 aliphatic carbocycles. The van der Waals surface area contributed by atoms with Crippen LogP contribution in [0.15, 0.2) is 17.7 Å². The van der Waals surface area contributed by atoms with E-state index in [0.29, 0.717) is 11.3 Å². The number of hydrogen-bond acceptors (Lipinski definition) is 6. The fourth-order valence-corrected chi connectivity index (χ4v) is 2.38. The average Bonchev–Trinajstić information content (AvgIpc) is 2.66. The Morgan fingerprint density at radius 3 is 2.43 bits per heavy atom. The molecule has 1 aromatic rings. The smallest absolute Gasteiger partial charge is 0.478 e. The number of thiol groups is 1. The molecule has 0 bridgehead atoms. The van der Waals surface area contributed by atoms with Gasteiger partial charge >= 0.3 is 13.1 Å². The molecule has 0 saturated carbocycles. The van der Waals surface area contributed by atoms with Gasteiger partial charge < -0.3 is 20.1 Å². The van der Waals surface area contributed by atoms with E-state index in [4.69, 9.17) is 20.1 Å². The van der Waals surface area contributed by atoms with Gasteiger partial charge in [0.25, 0.3) is 0 Å². The van der Waals surface area contributed by atoms with Crippen LogP contribution in [0.3, 0.4) is 0 Å². The number of carboxylic acid groups (broad SMARTS) is 1. The molecule has 0 atom stereocenters. The minimum absolute atomic E-state index is 0.0160. The zero-order valence-electron chi connectivity index (χ0n) is 13.7. The number of nitrogen functional groups attached to an aromatic ring is 1. The Morgan fingerprint density at radius 1 is 1.39 bits per heavy atom. The Hall–Kier alpha value is -1.51. The maximum Gasteiger partial charge on any atom is 0.491 e. The third kappa shape index (κ3) is 3.54. The van der Waals surface area contributed by atoms with Crippen LogP contribution in [0.5, 0.6) is 0 Å². The topological polar surface area (TPSA) is 94.7 Å². The number of anilines is 1. The van der Waals surface area contributed by atoms with Crippen molar-refractivity contribution in [2.24, 2.45) is 0 Å². The summed E-state index contributed by atoms with van der Waals surface area (Å²) in [5, 5.41) is 9.13. The lowest BCUT2D eigenvalue weighted by Crippen LogP contribution is -2.41. The van der Waals surface area contributed by atoms with Gasteiger partial charge in [-0.3, -0.25) is 0 Å². The highest BCUT2D eigenvalue weighted by atomic mass is 32.1. The molecule has 2 heterocycles. The highest BCUT2D eigenvalue weighted by molar-refractivity contribution is 7.80. The Balaban J connectivity index is 2.34. The van der Waals surface area contributed by atoms with Crippen molar-refractivity contribution in [1.29, 1.82) is 0 Å². The van der Waals surface area contributed by atoms with E-state index in [2.05, 4.69) is 17.6 Å². The van der Waals surface area contributed by atoms with E-state index in [-0.39, 0.29) is 11.4 Å². The number of rotatable bonds is 4. The van der Waals surface area contributed by atoms with Gasteiger partial charge in [-0.05, 0) is 44.8 Å². The number of carbonyl (C=O) groups is 1. The summed E-state index contributed by atoms with van der Waals surface area (Å²) in [6, 6.07) is 1.47. The van der Waals surface area contributed by atoms with Crippen LogP contribution in [-0.2, 0) is 9.31 Å². The number of nitrogens with two attached hydrogens (primary N) is 1. The van der Waals surface area contributed by atoms with Crippen molar-refractivity contribution in [3.63, 3.8) is 0 Å². The van der Waals surface area contributed by atoms with E-state index in [1.165, 1.54) is 12.3 Å². The summed E-state index contributed by atoms with van der Waals surface area (Å²) in [5.74, 6) is -0.727. The largest absolute Gasteiger partial charge is 0.491 e. The highest BCUT2D eigenvalue weighted by Crippen LogP contribution is 2.39. The van der Waals surface area contributed by atoms with E-state index in [1.54, 1.807) is 6.08 Å². The molecule has 8 heteroatoms. The van der Waals surface area contributed by atoms with Crippen molar-refractivity contribution in [1.82, 2.24) is 4.98 Å². The summed E-state index contributed by atoms with van der Waals surface area (Å²) in [6.07, 6.45) is 3.28. The van der Waals surface area contributed by atoms with Gasteiger partial charge in [0.05, 0.1) is 11.2 Å². The molecular formula is C15H21BN2O4S. The molecule has 23 heavy (non-hydrogen) atoms. The monoisotopic (exact) mass is 336 g/mol. The van der Waals surface area contributed by atoms with Crippen molar-refractivity contribution in [3.8, 4) is 0 Å². The second-order valence-corrected chi connectivity index (χ2v) is 6.79. The van der Waals surface area contributed by atoms with Gasteiger partial charge in [-0.2, -0.15) is 12.6 Å². The molecule has 1 saturated heterocycles. The molecule has 0 aromatic carbocycles. The van der Waals surface area contributed by atoms with E-state index < -0.39 is 24.3 Å². The zero-order chi connectivity index (χ0) is 17.4. The maximum atomic E-state index is 11.2. The molecule has 0 unspecified atom stereocenters. The average molecular weight is 336 g/mol. The van der Waals surface area contributed by atoms with Crippen molar-refractivity contribution >= 4 is 37.6 Å². The van der Waals surface area contributed by atoms with E-state index in [1.807, 2.05) is 27.7 Å². The first kappa shape index (κ1) is 17.8. The Bertz CT molecular complexity index is 645. The molecule has 1 fully saturated rings. The Kier molecular flexibility index (Phi) is 4.80. The van der Waals surface area contributed by atoms with Crippen LogP contribution in [-0.4, -0.2) is 40.1 Å². The predicted molar refractivity (Wildman–Crippen MR) is 93.5 cm³/mol. The number of hydrogen-bond donors (Lipinski definition) is 3. The Labute approximate surface area is 141 Å². The van der Waals surface area contributed by atoms with E-state index in [0.717, 1.165) is 5.47 Å². The first-order valence-corrected chi connectivity index (χ1v) is 7.86. The number of pyridine rings is 1. The minimum Gasteiger partial charge on any atom is -0.478 e. The summed E-state index contributed by atoms with van der Waals surface area (Å²) in [7, 11) is -0.539. The molecule has 2 rings (SSSR count). The van der Waals surface area contributed by atoms with Gasteiger partial charge in [0.15, 0.2) is 0 Å². The van der Waals surface area contributed by atoms with Crippen LogP contribution in [0.4, 0.5) is 5.82 Å². The lowest BCUT2D eigenvalue weighted by Gasteiger charge is -2.32. The standard InChI is InChI=1S/C15H21BN2O4S/c1-14(2)15(3,4)22-16(21-14)10(8-23)5-9-6-11(13(19)20)12(17)18-7-9/h5-7,23H,8H2,1-4H3,(H2,17,18)(H,19,20). The SMILES string of the molecule is CC1(C)OB(C(=Cc2cnc(N)c(C(=O)O)c2)CS)OC1(C)C. The molecule has 0 radical (unpaired) electrons. The molecular weight excluding hydrogens is 315 g/mol. The molecule has 1 aromatic heterocycles. The summed E-state index contributed by atoms with van der Waals surface area (Å²) < 4.78 is 12.0. The van der Waals surface area contributed by atoms with Gasteiger partial charge in [-0.15, -0.1) is 0 Å². The highest BCUT2D eigenvalue weighted by Gasteiger charge is 2.52. The van der Waals surface area contributed by atoms with Gasteiger partial charge in [0, 0.05) is 11.9 Å². The van der Waals surface area contributed by atoms with Crippen LogP contribution in [0.25, 0.3) is 6.08 Å².